The molecule has 448 valence electrons. The summed E-state index contributed by atoms with van der Waals surface area (Å²) < 4.78 is 10.8. The first-order valence-electron chi connectivity index (χ1n) is 33.4. The van der Waals surface area contributed by atoms with E-state index >= 15 is 0 Å². The summed E-state index contributed by atoms with van der Waals surface area (Å²) in [7, 11) is 0. The highest BCUT2D eigenvalue weighted by atomic mass is 16.6. The number of aliphatic hydroxyl groups is 1. The van der Waals surface area contributed by atoms with E-state index in [2.05, 4.69) is 123 Å². The van der Waals surface area contributed by atoms with E-state index < -0.39 is 6.10 Å². The van der Waals surface area contributed by atoms with Crippen molar-refractivity contribution in [1.29, 1.82) is 0 Å². The van der Waals surface area contributed by atoms with Gasteiger partial charge < -0.3 is 14.6 Å². The molecule has 0 fully saturated rings. The summed E-state index contributed by atoms with van der Waals surface area (Å²) in [5, 5.41) is 9.69. The van der Waals surface area contributed by atoms with Crippen molar-refractivity contribution in [2.24, 2.45) is 0 Å². The number of rotatable bonds is 61. The van der Waals surface area contributed by atoms with Crippen molar-refractivity contribution in [3.63, 3.8) is 0 Å². The molecule has 0 saturated carbocycles. The third-order valence-corrected chi connectivity index (χ3v) is 14.6. The van der Waals surface area contributed by atoms with Gasteiger partial charge in [-0.2, -0.15) is 0 Å². The quantitative estimate of drug-likeness (QED) is 0.0373. The van der Waals surface area contributed by atoms with E-state index in [-0.39, 0.29) is 25.2 Å². The van der Waals surface area contributed by atoms with Crippen molar-refractivity contribution in [3.05, 3.63) is 109 Å². The summed E-state index contributed by atoms with van der Waals surface area (Å²) in [6, 6.07) is 0. The molecule has 0 spiro atoms. The molecule has 0 aliphatic rings. The number of carbonyl (C=O) groups excluding carboxylic acids is 2. The third-order valence-electron chi connectivity index (χ3n) is 14.6. The van der Waals surface area contributed by atoms with E-state index in [9.17, 15) is 14.7 Å². The van der Waals surface area contributed by atoms with Gasteiger partial charge in [0.15, 0.2) is 6.10 Å². The molecule has 0 amide bonds. The lowest BCUT2D eigenvalue weighted by molar-refractivity contribution is -0.161. The van der Waals surface area contributed by atoms with Gasteiger partial charge in [0.25, 0.3) is 0 Å². The van der Waals surface area contributed by atoms with Gasteiger partial charge in [-0.15, -0.1) is 0 Å². The molecular formula is C73H126O5. The first-order valence-corrected chi connectivity index (χ1v) is 33.4. The molecule has 0 aromatic carbocycles. The Bertz CT molecular complexity index is 1510. The molecule has 1 N–H and O–H groups in total. The van der Waals surface area contributed by atoms with Crippen LogP contribution in [0.15, 0.2) is 109 Å². The fourth-order valence-corrected chi connectivity index (χ4v) is 9.57. The fourth-order valence-electron chi connectivity index (χ4n) is 9.57. The number of hydrogen-bond donors (Lipinski definition) is 1. The van der Waals surface area contributed by atoms with Gasteiger partial charge in [-0.3, -0.25) is 9.59 Å². The maximum absolute atomic E-state index is 12.4. The molecule has 0 saturated heterocycles. The van der Waals surface area contributed by atoms with Gasteiger partial charge in [-0.25, -0.2) is 0 Å². The first kappa shape index (κ1) is 74.6. The molecule has 0 aromatic heterocycles. The molecule has 0 rings (SSSR count). The average Bonchev–Trinajstić information content (AvgIpc) is 3.44. The minimum Gasteiger partial charge on any atom is -0.462 e. The second kappa shape index (κ2) is 67.8. The van der Waals surface area contributed by atoms with Crippen LogP contribution in [-0.2, 0) is 19.1 Å². The summed E-state index contributed by atoms with van der Waals surface area (Å²) in [4.78, 5) is 24.6. The molecule has 0 aromatic rings. The SMILES string of the molecule is CC/C=C\C/C=C\C/C=C\C/C=C\C/C=C\C/C=C\CCCCCCCCCCCCCCCCCCCCC(=O)OC(CO)COC(=O)CCCCCCCCCCCCCC/C=C\C/C=C\C/C=C\CCCCCCC. The minimum absolute atomic E-state index is 0.0680. The van der Waals surface area contributed by atoms with Crippen LogP contribution in [0.2, 0.25) is 0 Å². The second-order valence-electron chi connectivity index (χ2n) is 22.2. The topological polar surface area (TPSA) is 72.8 Å². The molecule has 0 aliphatic heterocycles. The highest BCUT2D eigenvalue weighted by Crippen LogP contribution is 2.17. The molecular weight excluding hydrogens is 957 g/mol. The molecule has 0 radical (unpaired) electrons. The Balaban J connectivity index is 3.47. The third kappa shape index (κ3) is 65.1. The van der Waals surface area contributed by atoms with Crippen LogP contribution in [0.4, 0.5) is 0 Å². The normalized spacial score (nSPS) is 12.9. The molecule has 0 heterocycles. The lowest BCUT2D eigenvalue weighted by Gasteiger charge is -2.15. The number of unbranched alkanes of at least 4 members (excludes halogenated alkanes) is 35. The van der Waals surface area contributed by atoms with Crippen LogP contribution in [0, 0.1) is 0 Å². The predicted octanol–water partition coefficient (Wildman–Crippen LogP) is 23.2. The smallest absolute Gasteiger partial charge is 0.306 e. The van der Waals surface area contributed by atoms with Crippen molar-refractivity contribution >= 4 is 11.9 Å². The number of allylic oxidation sites excluding steroid dienone is 18. The van der Waals surface area contributed by atoms with E-state index in [0.717, 1.165) is 89.9 Å². The number of aliphatic hydroxyl groups excluding tert-OH is 1. The Morgan fingerprint density at radius 1 is 0.308 bits per heavy atom. The maximum Gasteiger partial charge on any atom is 0.306 e. The summed E-state index contributed by atoms with van der Waals surface area (Å²) in [6.45, 7) is 4.04. The van der Waals surface area contributed by atoms with Crippen LogP contribution in [0.3, 0.4) is 0 Å². The summed E-state index contributed by atoms with van der Waals surface area (Å²) in [5.41, 5.74) is 0. The molecule has 78 heavy (non-hydrogen) atoms. The molecule has 1 atom stereocenters. The van der Waals surface area contributed by atoms with Gasteiger partial charge in [0.05, 0.1) is 6.61 Å². The fraction of sp³-hybridized carbons (Fsp3) is 0.726. The van der Waals surface area contributed by atoms with Gasteiger partial charge in [0, 0.05) is 12.8 Å². The van der Waals surface area contributed by atoms with Crippen LogP contribution in [0.25, 0.3) is 0 Å². The second-order valence-corrected chi connectivity index (χ2v) is 22.2. The Hall–Kier alpha value is -3.44. The zero-order valence-electron chi connectivity index (χ0n) is 51.4. The number of carbonyl (C=O) groups is 2. The lowest BCUT2D eigenvalue weighted by Crippen LogP contribution is -2.28. The number of hydrogen-bond acceptors (Lipinski definition) is 5. The summed E-state index contributed by atoms with van der Waals surface area (Å²) >= 11 is 0. The van der Waals surface area contributed by atoms with Gasteiger partial charge in [-0.1, -0.05) is 316 Å². The van der Waals surface area contributed by atoms with Gasteiger partial charge >= 0.3 is 11.9 Å². The van der Waals surface area contributed by atoms with Crippen molar-refractivity contribution in [1.82, 2.24) is 0 Å². The molecule has 5 nitrogen and oxygen atoms in total. The van der Waals surface area contributed by atoms with E-state index in [1.807, 2.05) is 0 Å². The molecule has 0 aliphatic carbocycles. The van der Waals surface area contributed by atoms with Gasteiger partial charge in [0.2, 0.25) is 0 Å². The molecule has 1 unspecified atom stereocenters. The highest BCUT2D eigenvalue weighted by Gasteiger charge is 2.16. The first-order chi connectivity index (χ1) is 38.6. The lowest BCUT2D eigenvalue weighted by atomic mass is 10.0. The minimum atomic E-state index is -0.778. The Morgan fingerprint density at radius 3 is 0.833 bits per heavy atom. The van der Waals surface area contributed by atoms with Gasteiger partial charge in [-0.05, 0) is 103 Å². The van der Waals surface area contributed by atoms with E-state index in [1.165, 1.54) is 205 Å². The Kier molecular flexibility index (Phi) is 64.8. The zero-order valence-corrected chi connectivity index (χ0v) is 51.4. The van der Waals surface area contributed by atoms with Gasteiger partial charge in [0.1, 0.15) is 6.61 Å². The maximum atomic E-state index is 12.4. The summed E-state index contributed by atoms with van der Waals surface area (Å²) in [6.07, 6.45) is 98.1. The van der Waals surface area contributed by atoms with Crippen molar-refractivity contribution in [2.45, 2.75) is 328 Å². The zero-order chi connectivity index (χ0) is 56.2. The largest absolute Gasteiger partial charge is 0.462 e. The van der Waals surface area contributed by atoms with E-state index in [4.69, 9.17) is 9.47 Å². The van der Waals surface area contributed by atoms with Crippen LogP contribution >= 0.6 is 0 Å². The van der Waals surface area contributed by atoms with Crippen LogP contribution in [-0.4, -0.2) is 36.4 Å². The Morgan fingerprint density at radius 2 is 0.551 bits per heavy atom. The van der Waals surface area contributed by atoms with Crippen LogP contribution < -0.4 is 0 Å². The van der Waals surface area contributed by atoms with Crippen molar-refractivity contribution in [3.8, 4) is 0 Å². The number of esters is 2. The van der Waals surface area contributed by atoms with Crippen molar-refractivity contribution < 1.29 is 24.2 Å². The predicted molar refractivity (Wildman–Crippen MR) is 343 cm³/mol. The van der Waals surface area contributed by atoms with Crippen LogP contribution in [0.5, 0.6) is 0 Å². The monoisotopic (exact) mass is 1080 g/mol. The Labute approximate surface area is 484 Å². The molecule has 5 heteroatoms. The number of ether oxygens (including phenoxy) is 2. The van der Waals surface area contributed by atoms with Crippen molar-refractivity contribution in [2.75, 3.05) is 13.2 Å². The molecule has 0 bridgehead atoms. The van der Waals surface area contributed by atoms with Crippen LogP contribution in [0.1, 0.15) is 322 Å². The highest BCUT2D eigenvalue weighted by molar-refractivity contribution is 5.70. The van der Waals surface area contributed by atoms with E-state index in [1.54, 1.807) is 0 Å². The van der Waals surface area contributed by atoms with E-state index in [0.29, 0.717) is 12.8 Å². The average molecular weight is 1080 g/mol. The summed E-state index contributed by atoms with van der Waals surface area (Å²) in [5.74, 6) is -0.583. The standard InChI is InChI=1S/C73H126O5/c1-3-5-7-9-11-13-15-17-19-21-23-25-27-29-31-32-33-34-35-36-37-38-39-40-42-44-46-48-50-52-54-56-58-60-62-64-66-68-73(76)78-71(69-74)70-77-72(75)67-65-63-61-59-57-55-53-51-49-47-45-43-41-30-28-26-24-22-20-18-16-14-12-10-8-6-4-2/h5,7,11,13,16-19,22-25,28-31,33-34,71,74H,3-4,6,8-10,12,14-15,20-21,26-27,32,35-70H2,1-2H3/b7-5-,13-11-,18-16-,19-17-,24-22-,25-23-,30-28-,31-29-,34-33-.